The number of allylic oxidation sites excluding steroid dienone is 1. The summed E-state index contributed by atoms with van der Waals surface area (Å²) < 4.78 is 55.6. The fourth-order valence-electron chi connectivity index (χ4n) is 3.02. The number of alkyl halides is 3. The minimum atomic E-state index is -5.08. The molecule has 3 N–H and O–H groups in total. The molecule has 3 rings (SSSR count). The lowest BCUT2D eigenvalue weighted by Crippen LogP contribution is -2.21. The van der Waals surface area contributed by atoms with Gasteiger partial charge in [0.1, 0.15) is 17.1 Å². The molecule has 0 amide bonds. The van der Waals surface area contributed by atoms with Gasteiger partial charge in [0.25, 0.3) is 0 Å². The van der Waals surface area contributed by atoms with Gasteiger partial charge in [0.2, 0.25) is 0 Å². The summed E-state index contributed by atoms with van der Waals surface area (Å²) in [5.74, 6) is -0.401. The quantitative estimate of drug-likeness (QED) is 0.705. The lowest BCUT2D eigenvalue weighted by Gasteiger charge is -2.13. The maximum atomic E-state index is 12.8. The second-order valence-electron chi connectivity index (χ2n) is 6.26. The summed E-state index contributed by atoms with van der Waals surface area (Å²) in [7, 11) is 0. The number of pyridine rings is 1. The number of nitrogens with two attached hydrogens (primary N) is 1. The third-order valence-electron chi connectivity index (χ3n) is 4.33. The monoisotopic (exact) mass is 426 g/mol. The van der Waals surface area contributed by atoms with Crippen LogP contribution in [-0.2, 0) is 11.1 Å². The molecule has 154 valence electrons. The van der Waals surface area contributed by atoms with Crippen LogP contribution in [0.1, 0.15) is 24.5 Å². The summed E-state index contributed by atoms with van der Waals surface area (Å²) in [5, 5.41) is 16.4. The van der Waals surface area contributed by atoms with Gasteiger partial charge < -0.3 is 15.2 Å². The maximum Gasteiger partial charge on any atom is 0.508 e. The van der Waals surface area contributed by atoms with Gasteiger partial charge >= 0.3 is 16.6 Å². The van der Waals surface area contributed by atoms with Gasteiger partial charge in [-0.3, -0.25) is 4.99 Å². The zero-order valence-corrected chi connectivity index (χ0v) is 16.0. The van der Waals surface area contributed by atoms with Crippen LogP contribution in [0.25, 0.3) is 11.1 Å². The molecular weight excluding hydrogens is 409 g/mol. The minimum absolute atomic E-state index is 0.0218. The lowest BCUT2D eigenvalue weighted by molar-refractivity contribution is -0.0437. The van der Waals surface area contributed by atoms with E-state index in [0.29, 0.717) is 16.8 Å². The number of nitrogens with one attached hydrogen (secondary N) is 1. The summed E-state index contributed by atoms with van der Waals surface area (Å²) in [5.41, 5.74) is 2.01. The zero-order chi connectivity index (χ0) is 21.2. The van der Waals surface area contributed by atoms with E-state index >= 15 is 0 Å². The molecule has 0 bridgehead atoms. The Bertz CT molecular complexity index is 1050. The van der Waals surface area contributed by atoms with Gasteiger partial charge in [-0.2, -0.15) is 23.5 Å². The average Bonchev–Trinajstić information content (AvgIpc) is 3.31. The molecule has 8 nitrogen and oxygen atoms in total. The first-order chi connectivity index (χ1) is 13.7. The first kappa shape index (κ1) is 20.8. The highest BCUT2D eigenvalue weighted by Crippen LogP contribution is 2.31. The number of aliphatic imine (C=N–C) groups is 1. The van der Waals surface area contributed by atoms with Gasteiger partial charge in [0.15, 0.2) is 5.75 Å². The van der Waals surface area contributed by atoms with Crippen LogP contribution in [0.15, 0.2) is 29.7 Å². The number of nitrogens with zero attached hydrogens (tertiary/aromatic N) is 4. The van der Waals surface area contributed by atoms with Gasteiger partial charge in [0.05, 0.1) is 12.2 Å². The van der Waals surface area contributed by atoms with Crippen molar-refractivity contribution in [1.29, 1.82) is 5.26 Å². The number of fused-ring (bicyclic) bond motifs is 1. The first-order valence-electron chi connectivity index (χ1n) is 8.50. The molecular formula is C17H17F3N6O2S. The van der Waals surface area contributed by atoms with Crippen LogP contribution in [0, 0.1) is 11.3 Å². The number of hydrogen-bond acceptors (Lipinski definition) is 7. The van der Waals surface area contributed by atoms with Crippen molar-refractivity contribution in [2.24, 2.45) is 10.7 Å². The molecule has 2 aromatic rings. The highest BCUT2D eigenvalue weighted by atomic mass is 32.2. The van der Waals surface area contributed by atoms with E-state index in [-0.39, 0.29) is 17.1 Å². The number of nitriles is 1. The summed E-state index contributed by atoms with van der Waals surface area (Å²) in [6.07, 6.45) is 4.81. The minimum Gasteiger partial charge on any atom is -0.404 e. The summed E-state index contributed by atoms with van der Waals surface area (Å²) >= 11 is -3.62. The second kappa shape index (κ2) is 8.22. The Balaban J connectivity index is 2.08. The van der Waals surface area contributed by atoms with Crippen LogP contribution in [0.4, 0.5) is 13.2 Å². The topological polar surface area (TPSA) is 118 Å². The van der Waals surface area contributed by atoms with Crippen LogP contribution in [0.3, 0.4) is 0 Å². The third kappa shape index (κ3) is 4.41. The SMILES string of the molecule is CC(=NC1CCNC1)/C(=C\N)c1cc(OS(=O)C(F)(F)F)c2c(C#N)cnn2c1. The van der Waals surface area contributed by atoms with Crippen LogP contribution < -0.4 is 15.2 Å². The van der Waals surface area contributed by atoms with Crippen molar-refractivity contribution in [2.45, 2.75) is 24.9 Å². The molecule has 0 aliphatic carbocycles. The Labute approximate surface area is 166 Å². The Morgan fingerprint density at radius 3 is 2.93 bits per heavy atom. The Kier molecular flexibility index (Phi) is 5.90. The molecule has 1 saturated heterocycles. The van der Waals surface area contributed by atoms with E-state index in [4.69, 9.17) is 5.73 Å². The van der Waals surface area contributed by atoms with Gasteiger partial charge in [-0.15, -0.1) is 0 Å². The molecule has 0 saturated carbocycles. The summed E-state index contributed by atoms with van der Waals surface area (Å²) in [4.78, 5) is 4.60. The van der Waals surface area contributed by atoms with Gasteiger partial charge in [-0.25, -0.2) is 8.72 Å². The fourth-order valence-corrected chi connectivity index (χ4v) is 3.41. The Hall–Kier alpha value is -2.91. The molecule has 12 heteroatoms. The standard InChI is InChI=1S/C17H17F3N6O2S/c1-10(25-13-2-3-23-8-13)14(6-22)11-4-15(28-29(27)17(18,19)20)16-12(5-21)7-24-26(16)9-11/h4,6-7,9,13,23H,2-3,8,22H2,1H3/b14-6+,25-10?. The van der Waals surface area contributed by atoms with Crippen LogP contribution in [-0.4, -0.2) is 44.2 Å². The number of hydrogen-bond donors (Lipinski definition) is 2. The van der Waals surface area contributed by atoms with Gasteiger partial charge in [0, 0.05) is 35.8 Å². The predicted octanol–water partition coefficient (Wildman–Crippen LogP) is 1.89. The molecule has 1 aliphatic rings. The lowest BCUT2D eigenvalue weighted by atomic mass is 10.0. The molecule has 2 aromatic heterocycles. The van der Waals surface area contributed by atoms with Crippen molar-refractivity contribution in [3.8, 4) is 11.8 Å². The number of aromatic nitrogens is 2. The van der Waals surface area contributed by atoms with Crippen molar-refractivity contribution in [2.75, 3.05) is 13.1 Å². The van der Waals surface area contributed by atoms with Gasteiger partial charge in [-0.05, 0) is 26.0 Å². The normalized spacial score (nSPS) is 19.3. The third-order valence-corrected chi connectivity index (χ3v) is 5.04. The molecule has 3 heterocycles. The average molecular weight is 426 g/mol. The molecule has 0 radical (unpaired) electrons. The van der Waals surface area contributed by atoms with Crippen molar-refractivity contribution in [3.63, 3.8) is 0 Å². The van der Waals surface area contributed by atoms with E-state index in [1.54, 1.807) is 6.92 Å². The summed E-state index contributed by atoms with van der Waals surface area (Å²) in [6, 6.07) is 3.13. The molecule has 0 aromatic carbocycles. The molecule has 29 heavy (non-hydrogen) atoms. The van der Waals surface area contributed by atoms with Gasteiger partial charge in [-0.1, -0.05) is 0 Å². The zero-order valence-electron chi connectivity index (χ0n) is 15.2. The molecule has 1 fully saturated rings. The van der Waals surface area contributed by atoms with Crippen molar-refractivity contribution < 1.29 is 21.6 Å². The second-order valence-corrected chi connectivity index (χ2v) is 7.36. The predicted molar refractivity (Wildman–Crippen MR) is 101 cm³/mol. The molecule has 0 spiro atoms. The molecule has 1 aliphatic heterocycles. The van der Waals surface area contributed by atoms with E-state index in [9.17, 15) is 22.6 Å². The Morgan fingerprint density at radius 2 is 2.34 bits per heavy atom. The van der Waals surface area contributed by atoms with E-state index in [0.717, 1.165) is 19.5 Å². The molecule has 2 atom stereocenters. The van der Waals surface area contributed by atoms with Crippen LogP contribution >= 0.6 is 0 Å². The van der Waals surface area contributed by atoms with Crippen molar-refractivity contribution in [1.82, 2.24) is 14.9 Å². The van der Waals surface area contributed by atoms with Crippen molar-refractivity contribution in [3.05, 3.63) is 35.8 Å². The van der Waals surface area contributed by atoms with Crippen molar-refractivity contribution >= 4 is 27.9 Å². The smallest absolute Gasteiger partial charge is 0.404 e. The van der Waals surface area contributed by atoms with Crippen LogP contribution in [0.2, 0.25) is 0 Å². The number of rotatable bonds is 5. The van der Waals surface area contributed by atoms with E-state index in [1.165, 1.54) is 29.2 Å². The van der Waals surface area contributed by atoms with E-state index in [2.05, 4.69) is 19.6 Å². The van der Waals surface area contributed by atoms with E-state index in [1.807, 2.05) is 6.07 Å². The van der Waals surface area contributed by atoms with E-state index < -0.39 is 22.3 Å². The Morgan fingerprint density at radius 1 is 1.59 bits per heavy atom. The largest absolute Gasteiger partial charge is 0.508 e. The number of halogens is 3. The fraction of sp³-hybridized carbons (Fsp3) is 0.353. The highest BCUT2D eigenvalue weighted by Gasteiger charge is 2.40. The van der Waals surface area contributed by atoms with Crippen LogP contribution in [0.5, 0.6) is 5.75 Å². The maximum absolute atomic E-state index is 12.8. The summed E-state index contributed by atoms with van der Waals surface area (Å²) in [6.45, 7) is 3.30. The first-order valence-corrected chi connectivity index (χ1v) is 9.58. The molecule has 2 unspecified atom stereocenters. The highest BCUT2D eigenvalue weighted by molar-refractivity contribution is 7.81.